The quantitative estimate of drug-likeness (QED) is 0.925. The van der Waals surface area contributed by atoms with Crippen molar-refractivity contribution in [2.24, 2.45) is 7.05 Å². The third kappa shape index (κ3) is 3.59. The average Bonchev–Trinajstić information content (AvgIpc) is 2.59. The van der Waals surface area contributed by atoms with Gasteiger partial charge < -0.3 is 5.11 Å². The molecule has 0 saturated carbocycles. The molecule has 2 rings (SSSR count). The van der Waals surface area contributed by atoms with Crippen molar-refractivity contribution in [2.75, 3.05) is 0 Å². The van der Waals surface area contributed by atoms with Crippen molar-refractivity contribution >= 4 is 27.5 Å². The molecule has 0 aliphatic carbocycles. The number of benzene rings is 1. The molecule has 1 atom stereocenters. The van der Waals surface area contributed by atoms with E-state index in [-0.39, 0.29) is 0 Å². The van der Waals surface area contributed by atoms with Gasteiger partial charge in [0, 0.05) is 23.5 Å². The maximum Gasteiger partial charge on any atom is 0.130 e. The molecule has 1 N–H and O–H groups in total. The van der Waals surface area contributed by atoms with Gasteiger partial charge in [0.05, 0.1) is 11.8 Å². The first kappa shape index (κ1) is 14.6. The Balaban J connectivity index is 2.05. The Morgan fingerprint density at radius 2 is 1.95 bits per heavy atom. The monoisotopic (exact) mass is 342 g/mol. The molecule has 0 radical (unpaired) electrons. The minimum Gasteiger partial charge on any atom is -0.392 e. The minimum atomic E-state index is -0.457. The van der Waals surface area contributed by atoms with Gasteiger partial charge in [0.25, 0.3) is 0 Å². The van der Waals surface area contributed by atoms with Crippen LogP contribution in [-0.2, 0) is 19.9 Å². The fraction of sp³-hybridized carbons (Fsp3) is 0.357. The number of hydrogen-bond donors (Lipinski definition) is 1. The Hall–Kier alpha value is -0.840. The van der Waals surface area contributed by atoms with Crippen LogP contribution in [-0.4, -0.2) is 21.0 Å². The first-order valence-electron chi connectivity index (χ1n) is 6.08. The molecule has 5 heteroatoms. The molecule has 0 spiro atoms. The van der Waals surface area contributed by atoms with E-state index in [4.69, 9.17) is 11.6 Å². The number of nitrogens with zero attached hydrogens (tertiary/aromatic N) is 2. The molecule has 0 amide bonds. The van der Waals surface area contributed by atoms with Gasteiger partial charge in [-0.05, 0) is 31.0 Å². The van der Waals surface area contributed by atoms with Crippen molar-refractivity contribution in [3.05, 3.63) is 50.7 Å². The van der Waals surface area contributed by atoms with Gasteiger partial charge in [-0.2, -0.15) is 5.10 Å². The highest BCUT2D eigenvalue weighted by Crippen LogP contribution is 2.21. The third-order valence-electron chi connectivity index (χ3n) is 3.09. The van der Waals surface area contributed by atoms with E-state index in [1.165, 1.54) is 0 Å². The smallest absolute Gasteiger partial charge is 0.130 e. The summed E-state index contributed by atoms with van der Waals surface area (Å²) in [5, 5.41) is 15.0. The van der Waals surface area contributed by atoms with Gasteiger partial charge in [-0.3, -0.25) is 4.68 Å². The standard InChI is InChI=1S/C14H16BrClN2O/c1-9-13(14(16)18(2)17-9)8-12(19)7-10-3-5-11(15)6-4-10/h3-6,12,19H,7-8H2,1-2H3. The first-order valence-corrected chi connectivity index (χ1v) is 7.25. The lowest BCUT2D eigenvalue weighted by molar-refractivity contribution is 0.175. The second-order valence-corrected chi connectivity index (χ2v) is 5.94. The molecule has 102 valence electrons. The molecule has 19 heavy (non-hydrogen) atoms. The zero-order chi connectivity index (χ0) is 14.0. The molecule has 0 bridgehead atoms. The molecule has 0 aliphatic rings. The van der Waals surface area contributed by atoms with Crippen LogP contribution in [0, 0.1) is 6.92 Å². The van der Waals surface area contributed by atoms with Crippen LogP contribution in [0.25, 0.3) is 0 Å². The van der Waals surface area contributed by atoms with Gasteiger partial charge in [-0.15, -0.1) is 0 Å². The van der Waals surface area contributed by atoms with Crippen molar-refractivity contribution in [1.82, 2.24) is 9.78 Å². The maximum absolute atomic E-state index is 10.2. The fourth-order valence-corrected chi connectivity index (χ4v) is 2.62. The summed E-state index contributed by atoms with van der Waals surface area (Å²) in [6, 6.07) is 7.96. The molecule has 3 nitrogen and oxygen atoms in total. The minimum absolute atomic E-state index is 0.457. The molecule has 0 fully saturated rings. The van der Waals surface area contributed by atoms with E-state index >= 15 is 0 Å². The Morgan fingerprint density at radius 3 is 2.47 bits per heavy atom. The van der Waals surface area contributed by atoms with Crippen LogP contribution in [0.3, 0.4) is 0 Å². The highest BCUT2D eigenvalue weighted by molar-refractivity contribution is 9.10. The van der Waals surface area contributed by atoms with Crippen molar-refractivity contribution in [1.29, 1.82) is 0 Å². The molecule has 0 saturated heterocycles. The number of hydrogen-bond acceptors (Lipinski definition) is 2. The van der Waals surface area contributed by atoms with Crippen LogP contribution in [0.1, 0.15) is 16.8 Å². The van der Waals surface area contributed by atoms with Gasteiger partial charge in [-0.25, -0.2) is 0 Å². The lowest BCUT2D eigenvalue weighted by atomic mass is 10.0. The topological polar surface area (TPSA) is 38.0 Å². The van der Waals surface area contributed by atoms with Crippen LogP contribution < -0.4 is 0 Å². The molecule has 2 aromatic rings. The number of aryl methyl sites for hydroxylation is 2. The number of rotatable bonds is 4. The van der Waals surface area contributed by atoms with Crippen molar-refractivity contribution in [2.45, 2.75) is 25.9 Å². The predicted molar refractivity (Wildman–Crippen MR) is 80.5 cm³/mol. The summed E-state index contributed by atoms with van der Waals surface area (Å²) < 4.78 is 2.68. The third-order valence-corrected chi connectivity index (χ3v) is 4.10. The average molecular weight is 344 g/mol. The van der Waals surface area contributed by atoms with Gasteiger partial charge in [-0.1, -0.05) is 39.7 Å². The van der Waals surface area contributed by atoms with Crippen molar-refractivity contribution in [3.8, 4) is 0 Å². The van der Waals surface area contributed by atoms with E-state index in [0.29, 0.717) is 18.0 Å². The lowest BCUT2D eigenvalue weighted by Crippen LogP contribution is -2.14. The van der Waals surface area contributed by atoms with E-state index in [0.717, 1.165) is 21.3 Å². The summed E-state index contributed by atoms with van der Waals surface area (Å²) in [7, 11) is 1.81. The van der Waals surface area contributed by atoms with Gasteiger partial charge >= 0.3 is 0 Å². The van der Waals surface area contributed by atoms with Gasteiger partial charge in [0.2, 0.25) is 0 Å². The summed E-state index contributed by atoms with van der Waals surface area (Å²) in [5.74, 6) is 0. The van der Waals surface area contributed by atoms with E-state index in [9.17, 15) is 5.11 Å². The number of aliphatic hydroxyl groups excluding tert-OH is 1. The summed E-state index contributed by atoms with van der Waals surface area (Å²) in [6.07, 6.45) is 0.675. The normalized spacial score (nSPS) is 12.7. The van der Waals surface area contributed by atoms with Gasteiger partial charge in [0.15, 0.2) is 0 Å². The Kier molecular flexibility index (Phi) is 4.66. The number of aliphatic hydroxyl groups is 1. The highest BCUT2D eigenvalue weighted by atomic mass is 79.9. The van der Waals surface area contributed by atoms with Crippen LogP contribution in [0.4, 0.5) is 0 Å². The number of aromatic nitrogens is 2. The molecule has 1 aromatic carbocycles. The summed E-state index contributed by atoms with van der Waals surface area (Å²) in [4.78, 5) is 0. The number of halogens is 2. The first-order chi connectivity index (χ1) is 8.97. The Bertz CT molecular complexity index is 566. The Labute approximate surface area is 126 Å². The van der Waals surface area contributed by atoms with E-state index in [1.54, 1.807) is 11.7 Å². The van der Waals surface area contributed by atoms with E-state index in [2.05, 4.69) is 21.0 Å². The zero-order valence-corrected chi connectivity index (χ0v) is 13.2. The van der Waals surface area contributed by atoms with Crippen molar-refractivity contribution in [3.63, 3.8) is 0 Å². The second kappa shape index (κ2) is 6.07. The zero-order valence-electron chi connectivity index (χ0n) is 10.9. The molecule has 0 aliphatic heterocycles. The lowest BCUT2D eigenvalue weighted by Gasteiger charge is -2.10. The van der Waals surface area contributed by atoms with Crippen LogP contribution >= 0.6 is 27.5 Å². The predicted octanol–water partition coefficient (Wildman–Crippen LogP) is 3.29. The maximum atomic E-state index is 10.2. The fourth-order valence-electron chi connectivity index (χ4n) is 2.11. The van der Waals surface area contributed by atoms with Crippen LogP contribution in [0.15, 0.2) is 28.7 Å². The van der Waals surface area contributed by atoms with E-state index < -0.39 is 6.10 Å². The largest absolute Gasteiger partial charge is 0.392 e. The second-order valence-electron chi connectivity index (χ2n) is 4.67. The SMILES string of the molecule is Cc1nn(C)c(Cl)c1CC(O)Cc1ccc(Br)cc1. The van der Waals surface area contributed by atoms with Crippen LogP contribution in [0.5, 0.6) is 0 Å². The Morgan fingerprint density at radius 1 is 1.32 bits per heavy atom. The molecular weight excluding hydrogens is 328 g/mol. The summed E-state index contributed by atoms with van der Waals surface area (Å²) >= 11 is 9.56. The van der Waals surface area contributed by atoms with Gasteiger partial charge in [0.1, 0.15) is 5.15 Å². The molecule has 1 aromatic heterocycles. The highest BCUT2D eigenvalue weighted by Gasteiger charge is 2.15. The van der Waals surface area contributed by atoms with E-state index in [1.807, 2.05) is 31.2 Å². The summed E-state index contributed by atoms with van der Waals surface area (Å²) in [6.45, 7) is 1.91. The summed E-state index contributed by atoms with van der Waals surface area (Å²) in [5.41, 5.74) is 2.91. The van der Waals surface area contributed by atoms with Crippen molar-refractivity contribution < 1.29 is 5.11 Å². The molecular formula is C14H16BrClN2O. The molecule has 1 unspecified atom stereocenters. The van der Waals surface area contributed by atoms with Crippen LogP contribution in [0.2, 0.25) is 5.15 Å². The molecule has 1 heterocycles.